The minimum atomic E-state index is 0.748. The highest BCUT2D eigenvalue weighted by Gasteiger charge is 2.18. The fourth-order valence-corrected chi connectivity index (χ4v) is 7.03. The molecule has 3 heteroatoms. The van der Waals surface area contributed by atoms with Crippen LogP contribution in [-0.4, -0.2) is 4.57 Å². The highest BCUT2D eigenvalue weighted by Crippen LogP contribution is 2.40. The summed E-state index contributed by atoms with van der Waals surface area (Å²) in [6, 6.07) is 46.2. The van der Waals surface area contributed by atoms with E-state index >= 15 is 0 Å². The van der Waals surface area contributed by atoms with Gasteiger partial charge in [-0.15, -0.1) is 0 Å². The van der Waals surface area contributed by atoms with Gasteiger partial charge in [-0.3, -0.25) is 0 Å². The number of rotatable bonds is 6. The number of aromatic nitrogens is 1. The standard InChI is InChI=1S/C45H35N3/c1-3-5-12-42(47)37-20-21-39-36(26-37)19-23-41-40-22-18-35(34-17-16-32-24-31(29(4-2)28-46)14-15-33(32)25-34)27-44(40)48(45(39)41)43-13-8-10-30-9-6-7-11-38(30)43/h3-28H,2,46-47H2,1H3/b5-3-,29-28+,42-12-. The van der Waals surface area contributed by atoms with Crippen LogP contribution in [0, 0.1) is 0 Å². The van der Waals surface area contributed by atoms with Crippen LogP contribution in [0.15, 0.2) is 164 Å². The molecule has 0 radical (unpaired) electrons. The molecule has 1 aromatic heterocycles. The Morgan fingerprint density at radius 1 is 0.625 bits per heavy atom. The molecular formula is C45H35N3. The molecule has 7 aromatic carbocycles. The fourth-order valence-electron chi connectivity index (χ4n) is 7.03. The molecule has 0 aliphatic carbocycles. The van der Waals surface area contributed by atoms with Crippen molar-refractivity contribution in [3.05, 3.63) is 176 Å². The summed E-state index contributed by atoms with van der Waals surface area (Å²) in [7, 11) is 0. The van der Waals surface area contributed by atoms with Gasteiger partial charge >= 0.3 is 0 Å². The highest BCUT2D eigenvalue weighted by molar-refractivity contribution is 6.20. The number of fused-ring (bicyclic) bond motifs is 7. The van der Waals surface area contributed by atoms with E-state index in [2.05, 4.69) is 139 Å². The lowest BCUT2D eigenvalue weighted by Gasteiger charge is -2.14. The maximum absolute atomic E-state index is 6.46. The molecule has 4 N–H and O–H groups in total. The SMILES string of the molecule is C=C/C(=C\N)c1ccc2cc(-c3ccc4c5ccc6cc(/C(N)=C/C=C\C)ccc6c5n(-c5cccc6ccccc56)c4c3)ccc2c1. The number of allylic oxidation sites excluding steroid dienone is 5. The Labute approximate surface area is 280 Å². The summed E-state index contributed by atoms with van der Waals surface area (Å²) >= 11 is 0. The van der Waals surface area contributed by atoms with Crippen molar-refractivity contribution >= 4 is 65.4 Å². The molecule has 1 heterocycles. The van der Waals surface area contributed by atoms with Gasteiger partial charge in [-0.2, -0.15) is 0 Å². The van der Waals surface area contributed by atoms with E-state index in [1.54, 1.807) is 12.3 Å². The zero-order valence-electron chi connectivity index (χ0n) is 26.8. The van der Waals surface area contributed by atoms with Crippen LogP contribution >= 0.6 is 0 Å². The molecule has 0 bridgehead atoms. The van der Waals surface area contributed by atoms with E-state index in [4.69, 9.17) is 11.5 Å². The lowest BCUT2D eigenvalue weighted by atomic mass is 9.97. The molecule has 0 spiro atoms. The zero-order valence-corrected chi connectivity index (χ0v) is 26.8. The average molecular weight is 618 g/mol. The van der Waals surface area contributed by atoms with Crippen LogP contribution in [0.2, 0.25) is 0 Å². The van der Waals surface area contributed by atoms with Crippen LogP contribution in [0.4, 0.5) is 0 Å². The first kappa shape index (κ1) is 29.1. The van der Waals surface area contributed by atoms with Gasteiger partial charge in [-0.1, -0.05) is 122 Å². The summed E-state index contributed by atoms with van der Waals surface area (Å²) in [5.41, 5.74) is 21.9. The maximum atomic E-state index is 6.46. The van der Waals surface area contributed by atoms with E-state index in [9.17, 15) is 0 Å². The van der Waals surface area contributed by atoms with Crippen molar-refractivity contribution in [2.45, 2.75) is 6.92 Å². The monoisotopic (exact) mass is 617 g/mol. The van der Waals surface area contributed by atoms with E-state index in [-0.39, 0.29) is 0 Å². The van der Waals surface area contributed by atoms with Crippen LogP contribution in [0.5, 0.6) is 0 Å². The van der Waals surface area contributed by atoms with Crippen molar-refractivity contribution in [3.63, 3.8) is 0 Å². The molecule has 0 saturated carbocycles. The first-order valence-electron chi connectivity index (χ1n) is 16.2. The van der Waals surface area contributed by atoms with Gasteiger partial charge in [0.2, 0.25) is 0 Å². The number of nitrogens with two attached hydrogens (primary N) is 2. The van der Waals surface area contributed by atoms with Crippen LogP contribution in [-0.2, 0) is 0 Å². The summed E-state index contributed by atoms with van der Waals surface area (Å²) in [4.78, 5) is 0. The van der Waals surface area contributed by atoms with Crippen molar-refractivity contribution in [2.24, 2.45) is 11.5 Å². The van der Waals surface area contributed by atoms with Crippen molar-refractivity contribution in [1.29, 1.82) is 0 Å². The minimum Gasteiger partial charge on any atom is -0.404 e. The molecular weight excluding hydrogens is 583 g/mol. The fraction of sp³-hybridized carbons (Fsp3) is 0.0222. The smallest absolute Gasteiger partial charge is 0.0619 e. The summed E-state index contributed by atoms with van der Waals surface area (Å²) in [6.07, 6.45) is 9.31. The Morgan fingerprint density at radius 3 is 2.17 bits per heavy atom. The van der Waals surface area contributed by atoms with Crippen molar-refractivity contribution in [3.8, 4) is 16.8 Å². The third-order valence-electron chi connectivity index (χ3n) is 9.46. The lowest BCUT2D eigenvalue weighted by molar-refractivity contribution is 1.20. The Kier molecular flexibility index (Phi) is 7.15. The molecule has 0 unspecified atom stereocenters. The molecule has 230 valence electrons. The Morgan fingerprint density at radius 2 is 1.31 bits per heavy atom. The minimum absolute atomic E-state index is 0.748. The van der Waals surface area contributed by atoms with Gasteiger partial charge in [0.15, 0.2) is 0 Å². The number of hydrogen-bond acceptors (Lipinski definition) is 2. The molecule has 0 atom stereocenters. The van der Waals surface area contributed by atoms with Gasteiger partial charge in [0.1, 0.15) is 0 Å². The van der Waals surface area contributed by atoms with E-state index in [1.807, 2.05) is 25.2 Å². The Hall–Kier alpha value is -6.32. The van der Waals surface area contributed by atoms with Crippen LogP contribution in [0.25, 0.3) is 82.2 Å². The summed E-state index contributed by atoms with van der Waals surface area (Å²) in [6.45, 7) is 5.90. The molecule has 0 aliphatic rings. The zero-order chi connectivity index (χ0) is 32.8. The molecule has 48 heavy (non-hydrogen) atoms. The van der Waals surface area contributed by atoms with Gasteiger partial charge in [0, 0.05) is 33.4 Å². The second kappa shape index (κ2) is 11.8. The van der Waals surface area contributed by atoms with Gasteiger partial charge in [0.05, 0.1) is 16.7 Å². The van der Waals surface area contributed by atoms with Crippen LogP contribution in [0.1, 0.15) is 18.1 Å². The Bertz CT molecular complexity index is 2660. The van der Waals surface area contributed by atoms with Crippen LogP contribution in [0.3, 0.4) is 0 Å². The third kappa shape index (κ3) is 4.76. The molecule has 0 fully saturated rings. The molecule has 0 amide bonds. The van der Waals surface area contributed by atoms with E-state index in [0.717, 1.165) is 38.9 Å². The van der Waals surface area contributed by atoms with Gasteiger partial charge in [-0.25, -0.2) is 0 Å². The van der Waals surface area contributed by atoms with Crippen molar-refractivity contribution in [1.82, 2.24) is 4.57 Å². The molecule has 8 rings (SSSR count). The van der Waals surface area contributed by atoms with Crippen molar-refractivity contribution in [2.75, 3.05) is 0 Å². The largest absolute Gasteiger partial charge is 0.404 e. The first-order valence-corrected chi connectivity index (χ1v) is 16.2. The third-order valence-corrected chi connectivity index (χ3v) is 9.46. The summed E-state index contributed by atoms with van der Waals surface area (Å²) < 4.78 is 2.46. The number of benzene rings is 7. The van der Waals surface area contributed by atoms with Gasteiger partial charge in [0.25, 0.3) is 0 Å². The molecule has 8 aromatic rings. The summed E-state index contributed by atoms with van der Waals surface area (Å²) in [5.74, 6) is 0. The van der Waals surface area contributed by atoms with Crippen molar-refractivity contribution < 1.29 is 0 Å². The molecule has 0 saturated heterocycles. The second-order valence-corrected chi connectivity index (χ2v) is 12.2. The first-order chi connectivity index (χ1) is 23.6. The number of nitrogens with zero attached hydrogens (tertiary/aromatic N) is 1. The predicted octanol–water partition coefficient (Wildman–Crippen LogP) is 11.3. The van der Waals surface area contributed by atoms with E-state index < -0.39 is 0 Å². The Balaban J connectivity index is 1.39. The molecule has 3 nitrogen and oxygen atoms in total. The number of hydrogen-bond donors (Lipinski definition) is 2. The average Bonchev–Trinajstić information content (AvgIpc) is 3.47. The highest BCUT2D eigenvalue weighted by atomic mass is 15.0. The normalized spacial score (nSPS) is 12.7. The second-order valence-electron chi connectivity index (χ2n) is 12.2. The van der Waals surface area contributed by atoms with Crippen LogP contribution < -0.4 is 11.5 Å². The van der Waals surface area contributed by atoms with E-state index in [0.29, 0.717) is 0 Å². The molecule has 0 aliphatic heterocycles. The predicted molar refractivity (Wildman–Crippen MR) is 208 cm³/mol. The quantitative estimate of drug-likeness (QED) is 0.182. The maximum Gasteiger partial charge on any atom is 0.0619 e. The van der Waals surface area contributed by atoms with Gasteiger partial charge in [-0.05, 0) is 92.7 Å². The van der Waals surface area contributed by atoms with Gasteiger partial charge < -0.3 is 16.0 Å². The lowest BCUT2D eigenvalue weighted by Crippen LogP contribution is -1.97. The summed E-state index contributed by atoms with van der Waals surface area (Å²) in [5, 5.41) is 9.54. The van der Waals surface area contributed by atoms with E-state index in [1.165, 1.54) is 54.5 Å². The topological polar surface area (TPSA) is 57.0 Å².